The quantitative estimate of drug-likeness (QED) is 0.204. The summed E-state index contributed by atoms with van der Waals surface area (Å²) in [5.74, 6) is -1.68. The molecule has 3 N–H and O–H groups in total. The van der Waals surface area contributed by atoms with Gasteiger partial charge < -0.3 is 15.4 Å². The Balaban J connectivity index is 1.38. The van der Waals surface area contributed by atoms with E-state index in [1.807, 2.05) is 18.2 Å². The van der Waals surface area contributed by atoms with Gasteiger partial charge in [-0.1, -0.05) is 30.3 Å². The first-order valence-electron chi connectivity index (χ1n) is 11.6. The topological polar surface area (TPSA) is 101 Å². The summed E-state index contributed by atoms with van der Waals surface area (Å²) in [4.78, 5) is 37.3. The maximum absolute atomic E-state index is 14.0. The number of anilines is 2. The lowest BCUT2D eigenvalue weighted by atomic mass is 10.2. The van der Waals surface area contributed by atoms with Gasteiger partial charge in [0.05, 0.1) is 29.9 Å². The number of carbonyl (C=O) groups is 3. The summed E-state index contributed by atoms with van der Waals surface area (Å²) in [7, 11) is 0. The fraction of sp³-hybridized carbons (Fsp3) is 0.148. The Morgan fingerprint density at radius 3 is 2.28 bits per heavy atom. The average Bonchev–Trinajstić information content (AvgIpc) is 3.25. The third kappa shape index (κ3) is 7.20. The monoisotopic (exact) mass is 542 g/mol. The second kappa shape index (κ2) is 11.8. The average molecular weight is 542 g/mol. The molecule has 4 aromatic rings. The molecule has 0 unspecified atom stereocenters. The lowest BCUT2D eigenvalue weighted by Gasteiger charge is -2.09. The van der Waals surface area contributed by atoms with Crippen molar-refractivity contribution in [1.82, 2.24) is 9.88 Å². The number of fused-ring (bicyclic) bond motifs is 1. The summed E-state index contributed by atoms with van der Waals surface area (Å²) in [5, 5.41) is 7.78. The number of nitrogens with one attached hydrogen (secondary N) is 3. The Hall–Kier alpha value is -4.71. The van der Waals surface area contributed by atoms with Crippen molar-refractivity contribution in [3.8, 4) is 0 Å². The van der Waals surface area contributed by atoms with Crippen LogP contribution in [-0.4, -0.2) is 35.6 Å². The zero-order valence-corrected chi connectivity index (χ0v) is 20.2. The van der Waals surface area contributed by atoms with Crippen molar-refractivity contribution in [1.29, 1.82) is 0 Å². The van der Waals surface area contributed by atoms with Gasteiger partial charge in [-0.3, -0.25) is 19.5 Å². The number of hydrogen-bond acceptors (Lipinski definition) is 5. The van der Waals surface area contributed by atoms with Crippen LogP contribution in [-0.2, 0) is 22.3 Å². The summed E-state index contributed by atoms with van der Waals surface area (Å²) in [6.07, 6.45) is -3.23. The SMILES string of the molecule is O=C(Nc1ccc(C(F)(F)F)cc1)Nc1cn(C(=O)CNCC(=O)OCc2ccccc2)c2ccc(F)cc12. The van der Waals surface area contributed by atoms with E-state index in [-0.39, 0.29) is 36.5 Å². The number of nitrogens with zero attached hydrogens (tertiary/aromatic N) is 1. The van der Waals surface area contributed by atoms with Crippen LogP contribution in [0.1, 0.15) is 15.9 Å². The summed E-state index contributed by atoms with van der Waals surface area (Å²) >= 11 is 0. The van der Waals surface area contributed by atoms with Gasteiger partial charge in [-0.05, 0) is 48.0 Å². The van der Waals surface area contributed by atoms with Gasteiger partial charge in [-0.25, -0.2) is 9.18 Å². The Bertz CT molecular complexity index is 1490. The third-order valence-corrected chi connectivity index (χ3v) is 5.54. The van der Waals surface area contributed by atoms with Crippen molar-refractivity contribution in [3.63, 3.8) is 0 Å². The van der Waals surface area contributed by atoms with E-state index in [0.29, 0.717) is 5.52 Å². The number of rotatable bonds is 8. The van der Waals surface area contributed by atoms with Gasteiger partial charge in [0.25, 0.3) is 0 Å². The molecule has 0 saturated carbocycles. The molecule has 0 radical (unpaired) electrons. The molecule has 0 bridgehead atoms. The number of halogens is 4. The van der Waals surface area contributed by atoms with Gasteiger partial charge in [-0.15, -0.1) is 0 Å². The number of carbonyl (C=O) groups excluding carboxylic acids is 3. The molecule has 39 heavy (non-hydrogen) atoms. The second-order valence-corrected chi connectivity index (χ2v) is 8.37. The van der Waals surface area contributed by atoms with Crippen LogP contribution in [0.3, 0.4) is 0 Å². The van der Waals surface area contributed by atoms with Crippen molar-refractivity contribution < 1.29 is 36.7 Å². The molecular weight excluding hydrogens is 520 g/mol. The molecule has 0 atom stereocenters. The molecule has 4 rings (SSSR count). The van der Waals surface area contributed by atoms with Gasteiger partial charge in [0.1, 0.15) is 12.4 Å². The van der Waals surface area contributed by atoms with Crippen LogP contribution in [0.5, 0.6) is 0 Å². The molecule has 1 aromatic heterocycles. The minimum absolute atomic E-state index is 0.0875. The van der Waals surface area contributed by atoms with E-state index in [2.05, 4.69) is 16.0 Å². The number of aromatic nitrogens is 1. The van der Waals surface area contributed by atoms with Crippen LogP contribution in [0.2, 0.25) is 0 Å². The molecule has 0 saturated heterocycles. The van der Waals surface area contributed by atoms with E-state index in [0.717, 1.165) is 42.0 Å². The molecule has 3 aromatic carbocycles. The lowest BCUT2D eigenvalue weighted by molar-refractivity contribution is -0.143. The van der Waals surface area contributed by atoms with E-state index >= 15 is 0 Å². The van der Waals surface area contributed by atoms with Crippen LogP contribution in [0, 0.1) is 5.82 Å². The predicted molar refractivity (Wildman–Crippen MR) is 136 cm³/mol. The number of amides is 2. The molecule has 8 nitrogen and oxygen atoms in total. The minimum Gasteiger partial charge on any atom is -0.460 e. The fourth-order valence-corrected chi connectivity index (χ4v) is 3.68. The molecule has 0 aliphatic carbocycles. The summed E-state index contributed by atoms with van der Waals surface area (Å²) in [6.45, 7) is -0.404. The zero-order valence-electron chi connectivity index (χ0n) is 20.2. The summed E-state index contributed by atoms with van der Waals surface area (Å²) in [6, 6.07) is 15.7. The molecular formula is C27H22F4N4O4. The highest BCUT2D eigenvalue weighted by atomic mass is 19.4. The number of alkyl halides is 3. The van der Waals surface area contributed by atoms with Gasteiger partial charge in [0.2, 0.25) is 5.91 Å². The molecule has 0 aliphatic heterocycles. The lowest BCUT2D eigenvalue weighted by Crippen LogP contribution is -2.32. The Morgan fingerprint density at radius 1 is 0.872 bits per heavy atom. The number of urea groups is 1. The Kier molecular flexibility index (Phi) is 8.25. The van der Waals surface area contributed by atoms with Crippen LogP contribution >= 0.6 is 0 Å². The van der Waals surface area contributed by atoms with Gasteiger partial charge in [0.15, 0.2) is 0 Å². The molecule has 0 aliphatic rings. The summed E-state index contributed by atoms with van der Waals surface area (Å²) in [5.41, 5.74) is 0.415. The van der Waals surface area contributed by atoms with Gasteiger partial charge in [-0.2, -0.15) is 13.2 Å². The fourth-order valence-electron chi connectivity index (χ4n) is 3.68. The molecule has 202 valence electrons. The van der Waals surface area contributed by atoms with Crippen LogP contribution in [0.4, 0.5) is 33.7 Å². The van der Waals surface area contributed by atoms with Crippen molar-refractivity contribution in [2.45, 2.75) is 12.8 Å². The second-order valence-electron chi connectivity index (χ2n) is 8.37. The maximum Gasteiger partial charge on any atom is 0.416 e. The number of hydrogen-bond donors (Lipinski definition) is 3. The smallest absolute Gasteiger partial charge is 0.416 e. The van der Waals surface area contributed by atoms with Crippen molar-refractivity contribution in [3.05, 3.63) is 95.9 Å². The van der Waals surface area contributed by atoms with E-state index in [9.17, 15) is 31.9 Å². The number of benzene rings is 3. The van der Waals surface area contributed by atoms with Crippen molar-refractivity contribution >= 4 is 40.2 Å². The molecule has 12 heteroatoms. The van der Waals surface area contributed by atoms with E-state index in [1.54, 1.807) is 12.1 Å². The molecule has 1 heterocycles. The van der Waals surface area contributed by atoms with Crippen LogP contribution < -0.4 is 16.0 Å². The highest BCUT2D eigenvalue weighted by Gasteiger charge is 2.30. The normalized spacial score (nSPS) is 11.3. The molecule has 0 fully saturated rings. The minimum atomic E-state index is -4.52. The van der Waals surface area contributed by atoms with E-state index in [4.69, 9.17) is 4.74 Å². The van der Waals surface area contributed by atoms with E-state index in [1.165, 1.54) is 16.8 Å². The highest BCUT2D eigenvalue weighted by molar-refractivity contribution is 6.08. The highest BCUT2D eigenvalue weighted by Crippen LogP contribution is 2.30. The van der Waals surface area contributed by atoms with E-state index < -0.39 is 35.5 Å². The first kappa shape index (κ1) is 27.3. The Morgan fingerprint density at radius 2 is 1.59 bits per heavy atom. The predicted octanol–water partition coefficient (Wildman–Crippen LogP) is 5.42. The van der Waals surface area contributed by atoms with Crippen LogP contribution in [0.25, 0.3) is 10.9 Å². The maximum atomic E-state index is 14.0. The third-order valence-electron chi connectivity index (χ3n) is 5.54. The standard InChI is InChI=1S/C27H22F4N4O4/c28-19-8-11-23-21(12-19)22(34-26(38)33-20-9-6-18(7-10-20)27(29,30)31)15-35(23)24(36)13-32-14-25(37)39-16-17-4-2-1-3-5-17/h1-12,15,32H,13-14,16H2,(H2,33,34,38). The molecule has 2 amide bonds. The van der Waals surface area contributed by atoms with Crippen LogP contribution in [0.15, 0.2) is 79.0 Å². The molecule has 0 spiro atoms. The number of esters is 1. The van der Waals surface area contributed by atoms with Gasteiger partial charge in [0, 0.05) is 17.3 Å². The Labute approximate surface area is 219 Å². The number of ether oxygens (including phenoxy) is 1. The van der Waals surface area contributed by atoms with Gasteiger partial charge >= 0.3 is 18.2 Å². The first-order chi connectivity index (χ1) is 18.6. The summed E-state index contributed by atoms with van der Waals surface area (Å²) < 4.78 is 58.5. The first-order valence-corrected chi connectivity index (χ1v) is 11.6. The zero-order chi connectivity index (χ0) is 28.0. The van der Waals surface area contributed by atoms with Crippen molar-refractivity contribution in [2.75, 3.05) is 23.7 Å². The van der Waals surface area contributed by atoms with Crippen molar-refractivity contribution in [2.24, 2.45) is 0 Å². The largest absolute Gasteiger partial charge is 0.460 e.